The number of hydrogen-bond donors (Lipinski definition) is 0. The van der Waals surface area contributed by atoms with Crippen LogP contribution in [0.4, 0.5) is 0 Å². The van der Waals surface area contributed by atoms with E-state index in [1.165, 1.54) is 0 Å². The number of morpholine rings is 1. The zero-order valence-electron chi connectivity index (χ0n) is 12.0. The van der Waals surface area contributed by atoms with Crippen molar-refractivity contribution >= 4 is 11.9 Å². The maximum absolute atomic E-state index is 12.0. The molecule has 0 N–H and O–H groups in total. The van der Waals surface area contributed by atoms with Crippen molar-refractivity contribution in [2.45, 2.75) is 64.3 Å². The Morgan fingerprint density at radius 3 is 2.26 bits per heavy atom. The molecule has 0 aromatic heterocycles. The number of nitrogens with zero attached hydrogens (tertiary/aromatic N) is 1. The second kappa shape index (κ2) is 5.49. The molecule has 5 heteroatoms. The summed E-state index contributed by atoms with van der Waals surface area (Å²) in [5.41, 5.74) is -0.488. The molecule has 0 aromatic rings. The van der Waals surface area contributed by atoms with Gasteiger partial charge in [0, 0.05) is 19.5 Å². The molecule has 108 valence electrons. The summed E-state index contributed by atoms with van der Waals surface area (Å²) < 4.78 is 10.9. The van der Waals surface area contributed by atoms with Crippen LogP contribution in [0.5, 0.6) is 0 Å². The van der Waals surface area contributed by atoms with E-state index in [0.29, 0.717) is 13.1 Å². The van der Waals surface area contributed by atoms with Crippen LogP contribution in [0.3, 0.4) is 0 Å². The van der Waals surface area contributed by atoms with E-state index in [1.807, 2.05) is 25.7 Å². The van der Waals surface area contributed by atoms with E-state index >= 15 is 0 Å². The van der Waals surface area contributed by atoms with Crippen molar-refractivity contribution in [3.63, 3.8) is 0 Å². The maximum Gasteiger partial charge on any atom is 0.306 e. The predicted octanol–water partition coefficient (Wildman–Crippen LogP) is 1.50. The van der Waals surface area contributed by atoms with E-state index in [2.05, 4.69) is 0 Å². The quantitative estimate of drug-likeness (QED) is 0.729. The third-order valence-electron chi connectivity index (χ3n) is 3.36. The topological polar surface area (TPSA) is 55.8 Å². The Morgan fingerprint density at radius 1 is 1.16 bits per heavy atom. The Morgan fingerprint density at radius 2 is 1.74 bits per heavy atom. The number of ether oxygens (including phenoxy) is 2. The van der Waals surface area contributed by atoms with Gasteiger partial charge in [-0.1, -0.05) is 0 Å². The Labute approximate surface area is 114 Å². The molecule has 19 heavy (non-hydrogen) atoms. The van der Waals surface area contributed by atoms with E-state index in [4.69, 9.17) is 9.47 Å². The fourth-order valence-electron chi connectivity index (χ4n) is 2.58. The van der Waals surface area contributed by atoms with Crippen LogP contribution in [0.25, 0.3) is 0 Å². The standard InChI is InChI=1S/C14H23NO4/c1-14(2,3)19-13(17)7-6-12(16)15-8-10-4-5-11(9-15)18-10/h10-11H,4-9H2,1-3H3. The number of hydrogen-bond acceptors (Lipinski definition) is 4. The van der Waals surface area contributed by atoms with Crippen LogP contribution in [0.1, 0.15) is 46.5 Å². The molecule has 0 spiro atoms. The number of carbonyl (C=O) groups is 2. The minimum absolute atomic E-state index is 0.0334. The Bertz CT molecular complexity index is 349. The summed E-state index contributed by atoms with van der Waals surface area (Å²) in [6, 6.07) is 0. The maximum atomic E-state index is 12.0. The van der Waals surface area contributed by atoms with Crippen LogP contribution in [-0.2, 0) is 19.1 Å². The first-order chi connectivity index (χ1) is 8.83. The van der Waals surface area contributed by atoms with Crippen molar-refractivity contribution in [3.8, 4) is 0 Å². The highest BCUT2D eigenvalue weighted by Gasteiger charge is 2.35. The third kappa shape index (κ3) is 4.20. The fraction of sp³-hybridized carbons (Fsp3) is 0.857. The normalized spacial score (nSPS) is 26.4. The summed E-state index contributed by atoms with van der Waals surface area (Å²) in [6.07, 6.45) is 2.87. The number of amides is 1. The summed E-state index contributed by atoms with van der Waals surface area (Å²) in [6.45, 7) is 6.82. The van der Waals surface area contributed by atoms with Gasteiger partial charge >= 0.3 is 5.97 Å². The first-order valence-corrected chi connectivity index (χ1v) is 6.98. The number of rotatable bonds is 3. The van der Waals surface area contributed by atoms with E-state index in [-0.39, 0.29) is 36.9 Å². The largest absolute Gasteiger partial charge is 0.460 e. The smallest absolute Gasteiger partial charge is 0.306 e. The van der Waals surface area contributed by atoms with E-state index < -0.39 is 5.60 Å². The summed E-state index contributed by atoms with van der Waals surface area (Å²) in [5.74, 6) is -0.275. The number of carbonyl (C=O) groups excluding carboxylic acids is 2. The molecule has 0 aliphatic carbocycles. The van der Waals surface area contributed by atoms with Gasteiger partial charge in [0.05, 0.1) is 18.6 Å². The summed E-state index contributed by atoms with van der Waals surface area (Å²) in [4.78, 5) is 25.4. The van der Waals surface area contributed by atoms with Crippen LogP contribution in [0.2, 0.25) is 0 Å². The Hall–Kier alpha value is -1.10. The van der Waals surface area contributed by atoms with Crippen LogP contribution in [0, 0.1) is 0 Å². The van der Waals surface area contributed by atoms with Gasteiger partial charge in [-0.2, -0.15) is 0 Å². The third-order valence-corrected chi connectivity index (χ3v) is 3.36. The van der Waals surface area contributed by atoms with Gasteiger partial charge in [-0.25, -0.2) is 0 Å². The van der Waals surface area contributed by atoms with Crippen molar-refractivity contribution in [1.82, 2.24) is 4.90 Å². The van der Waals surface area contributed by atoms with Crippen LogP contribution in [0.15, 0.2) is 0 Å². The molecule has 2 heterocycles. The molecule has 2 atom stereocenters. The molecule has 2 unspecified atom stereocenters. The number of esters is 1. The lowest BCUT2D eigenvalue weighted by Gasteiger charge is -2.32. The molecule has 2 saturated heterocycles. The van der Waals surface area contributed by atoms with Crippen LogP contribution in [-0.4, -0.2) is 47.7 Å². The van der Waals surface area contributed by atoms with Crippen molar-refractivity contribution in [2.75, 3.05) is 13.1 Å². The average Bonchev–Trinajstić information content (AvgIpc) is 2.63. The molecule has 1 amide bonds. The van der Waals surface area contributed by atoms with E-state index in [9.17, 15) is 9.59 Å². The van der Waals surface area contributed by atoms with Gasteiger partial charge in [-0.15, -0.1) is 0 Å². The lowest BCUT2D eigenvalue weighted by Crippen LogP contribution is -2.45. The monoisotopic (exact) mass is 269 g/mol. The molecule has 0 saturated carbocycles. The fourth-order valence-corrected chi connectivity index (χ4v) is 2.58. The first kappa shape index (κ1) is 14.3. The summed E-state index contributed by atoms with van der Waals surface area (Å²) in [5, 5.41) is 0. The molecule has 0 radical (unpaired) electrons. The highest BCUT2D eigenvalue weighted by atomic mass is 16.6. The number of fused-ring (bicyclic) bond motifs is 2. The SMILES string of the molecule is CC(C)(C)OC(=O)CCC(=O)N1CC2CCC(C1)O2. The van der Waals surface area contributed by atoms with Crippen molar-refractivity contribution in [3.05, 3.63) is 0 Å². The molecule has 2 rings (SSSR count). The molecule has 2 fully saturated rings. The number of likely N-dealkylation sites (tertiary alicyclic amines) is 1. The van der Waals surface area contributed by atoms with Gasteiger partial charge in [-0.3, -0.25) is 9.59 Å². The molecule has 5 nitrogen and oxygen atoms in total. The molecule has 2 bridgehead atoms. The lowest BCUT2D eigenvalue weighted by atomic mass is 10.2. The van der Waals surface area contributed by atoms with Gasteiger partial charge in [0.15, 0.2) is 0 Å². The lowest BCUT2D eigenvalue weighted by molar-refractivity contribution is -0.157. The van der Waals surface area contributed by atoms with Gasteiger partial charge in [-0.05, 0) is 33.6 Å². The van der Waals surface area contributed by atoms with Gasteiger partial charge in [0.1, 0.15) is 5.60 Å². The predicted molar refractivity (Wildman–Crippen MR) is 69.6 cm³/mol. The van der Waals surface area contributed by atoms with Crippen LogP contribution < -0.4 is 0 Å². The molecule has 0 aromatic carbocycles. The summed E-state index contributed by atoms with van der Waals surface area (Å²) in [7, 11) is 0. The Balaban J connectivity index is 1.74. The zero-order valence-corrected chi connectivity index (χ0v) is 12.0. The van der Waals surface area contributed by atoms with Gasteiger partial charge in [0.25, 0.3) is 0 Å². The van der Waals surface area contributed by atoms with Gasteiger partial charge in [0.2, 0.25) is 5.91 Å². The van der Waals surface area contributed by atoms with Crippen molar-refractivity contribution in [2.24, 2.45) is 0 Å². The van der Waals surface area contributed by atoms with E-state index in [0.717, 1.165) is 12.8 Å². The highest BCUT2D eigenvalue weighted by molar-refractivity contribution is 5.81. The Kier molecular flexibility index (Phi) is 4.13. The molecule has 2 aliphatic heterocycles. The van der Waals surface area contributed by atoms with Crippen molar-refractivity contribution in [1.29, 1.82) is 0 Å². The van der Waals surface area contributed by atoms with E-state index in [1.54, 1.807) is 0 Å². The van der Waals surface area contributed by atoms with Crippen molar-refractivity contribution < 1.29 is 19.1 Å². The highest BCUT2D eigenvalue weighted by Crippen LogP contribution is 2.26. The molecular weight excluding hydrogens is 246 g/mol. The van der Waals surface area contributed by atoms with Gasteiger partial charge < -0.3 is 14.4 Å². The second-order valence-corrected chi connectivity index (χ2v) is 6.34. The minimum atomic E-state index is -0.488. The second-order valence-electron chi connectivity index (χ2n) is 6.34. The molecule has 2 aliphatic rings. The zero-order chi connectivity index (χ0) is 14.0. The summed E-state index contributed by atoms with van der Waals surface area (Å²) >= 11 is 0. The molecular formula is C14H23NO4. The van der Waals surface area contributed by atoms with Crippen LogP contribution >= 0.6 is 0 Å². The first-order valence-electron chi connectivity index (χ1n) is 6.98. The average molecular weight is 269 g/mol. The minimum Gasteiger partial charge on any atom is -0.460 e.